The lowest BCUT2D eigenvalue weighted by molar-refractivity contribution is 0.938. The highest BCUT2D eigenvalue weighted by Crippen LogP contribution is 2.53. The highest BCUT2D eigenvalue weighted by atomic mass is 14.9. The Morgan fingerprint density at radius 3 is 2.75 bits per heavy atom. The van der Waals surface area contributed by atoms with Crippen molar-refractivity contribution in [2.45, 2.75) is 31.6 Å². The summed E-state index contributed by atoms with van der Waals surface area (Å²) in [5.74, 6) is 2.36. The van der Waals surface area contributed by atoms with Crippen LogP contribution in [0.15, 0.2) is 48.5 Å². The van der Waals surface area contributed by atoms with Gasteiger partial charge in [-0.15, -0.1) is 0 Å². The molecule has 0 radical (unpaired) electrons. The van der Waals surface area contributed by atoms with Crippen LogP contribution in [0.25, 0.3) is 11.0 Å². The van der Waals surface area contributed by atoms with Gasteiger partial charge in [-0.2, -0.15) is 0 Å². The van der Waals surface area contributed by atoms with E-state index in [1.807, 2.05) is 0 Å². The number of H-pyrrole nitrogens is 1. The number of benzene rings is 2. The van der Waals surface area contributed by atoms with Gasteiger partial charge in [-0.25, -0.2) is 4.98 Å². The lowest BCUT2D eigenvalue weighted by atomic mass is 10.1. The maximum absolute atomic E-state index is 4.77. The fourth-order valence-electron chi connectivity index (χ4n) is 3.04. The quantitative estimate of drug-likeness (QED) is 0.744. The Balaban J connectivity index is 1.64. The summed E-state index contributed by atoms with van der Waals surface area (Å²) in [6.45, 7) is 2.19. The van der Waals surface area contributed by atoms with Gasteiger partial charge in [0.25, 0.3) is 0 Å². The van der Waals surface area contributed by atoms with Crippen molar-refractivity contribution in [2.75, 3.05) is 0 Å². The van der Waals surface area contributed by atoms with E-state index in [1.54, 1.807) is 0 Å². The Morgan fingerprint density at radius 2 is 1.95 bits per heavy atom. The summed E-state index contributed by atoms with van der Waals surface area (Å²) in [5.41, 5.74) is 5.07. The van der Waals surface area contributed by atoms with Crippen LogP contribution in [0.1, 0.15) is 42.1 Å². The van der Waals surface area contributed by atoms with Crippen LogP contribution >= 0.6 is 0 Å². The van der Waals surface area contributed by atoms with Crippen LogP contribution in [-0.2, 0) is 6.42 Å². The van der Waals surface area contributed by atoms with Gasteiger partial charge in [0.2, 0.25) is 0 Å². The Kier molecular flexibility index (Phi) is 2.62. The lowest BCUT2D eigenvalue weighted by Crippen LogP contribution is -1.86. The van der Waals surface area contributed by atoms with E-state index in [0.717, 1.165) is 17.8 Å². The number of aryl methyl sites for hydroxylation is 1. The third kappa shape index (κ3) is 1.92. The highest BCUT2D eigenvalue weighted by Gasteiger charge is 2.41. The minimum atomic E-state index is 0.565. The van der Waals surface area contributed by atoms with Crippen LogP contribution in [0.5, 0.6) is 0 Å². The van der Waals surface area contributed by atoms with Crippen LogP contribution in [-0.4, -0.2) is 9.97 Å². The van der Waals surface area contributed by atoms with Crippen molar-refractivity contribution in [1.82, 2.24) is 9.97 Å². The first-order valence-electron chi connectivity index (χ1n) is 7.38. The van der Waals surface area contributed by atoms with Gasteiger partial charge in [-0.1, -0.05) is 43.3 Å². The molecule has 1 aliphatic carbocycles. The van der Waals surface area contributed by atoms with E-state index < -0.39 is 0 Å². The smallest absolute Gasteiger partial charge is 0.110 e. The van der Waals surface area contributed by atoms with E-state index in [4.69, 9.17) is 4.98 Å². The molecule has 0 spiro atoms. The zero-order valence-electron chi connectivity index (χ0n) is 11.6. The van der Waals surface area contributed by atoms with Crippen molar-refractivity contribution in [3.8, 4) is 0 Å². The van der Waals surface area contributed by atoms with Crippen LogP contribution < -0.4 is 0 Å². The van der Waals surface area contributed by atoms with Crippen LogP contribution in [0.2, 0.25) is 0 Å². The largest absolute Gasteiger partial charge is 0.342 e. The topological polar surface area (TPSA) is 28.7 Å². The summed E-state index contributed by atoms with van der Waals surface area (Å²) in [5, 5.41) is 0. The fourth-order valence-corrected chi connectivity index (χ4v) is 3.04. The number of aromatic nitrogens is 2. The zero-order valence-corrected chi connectivity index (χ0v) is 11.6. The number of hydrogen-bond donors (Lipinski definition) is 1. The van der Waals surface area contributed by atoms with Crippen molar-refractivity contribution in [2.24, 2.45) is 0 Å². The number of nitrogens with zero attached hydrogens (tertiary/aromatic N) is 1. The van der Waals surface area contributed by atoms with Crippen molar-refractivity contribution in [1.29, 1.82) is 0 Å². The molecule has 0 bridgehead atoms. The van der Waals surface area contributed by atoms with Gasteiger partial charge in [0, 0.05) is 5.92 Å². The number of hydrogen-bond acceptors (Lipinski definition) is 1. The van der Waals surface area contributed by atoms with Crippen molar-refractivity contribution < 1.29 is 0 Å². The van der Waals surface area contributed by atoms with E-state index in [1.165, 1.54) is 23.1 Å². The second-order valence-electron chi connectivity index (χ2n) is 5.69. The molecule has 1 aliphatic rings. The fraction of sp³-hybridized carbons (Fsp3) is 0.278. The maximum atomic E-state index is 4.77. The van der Waals surface area contributed by atoms with Crippen molar-refractivity contribution >= 4 is 11.0 Å². The molecule has 1 heterocycles. The number of imidazole rings is 1. The molecule has 1 fully saturated rings. The van der Waals surface area contributed by atoms with Gasteiger partial charge in [-0.05, 0) is 42.0 Å². The molecule has 1 aromatic heterocycles. The summed E-state index contributed by atoms with van der Waals surface area (Å²) in [4.78, 5) is 8.29. The molecule has 100 valence electrons. The molecule has 0 amide bonds. The molecule has 4 rings (SSSR count). The second-order valence-corrected chi connectivity index (χ2v) is 5.69. The van der Waals surface area contributed by atoms with Crippen molar-refractivity contribution in [3.63, 3.8) is 0 Å². The Hall–Kier alpha value is -2.09. The van der Waals surface area contributed by atoms with E-state index in [9.17, 15) is 0 Å². The molecule has 3 aromatic rings. The molecule has 20 heavy (non-hydrogen) atoms. The SMILES string of the molecule is CCc1ccc2nc(C3CC3c3ccccc3)[nH]c2c1. The molecule has 2 heteroatoms. The second kappa shape index (κ2) is 4.48. The van der Waals surface area contributed by atoms with Gasteiger partial charge in [-0.3, -0.25) is 0 Å². The number of rotatable bonds is 3. The molecule has 0 saturated heterocycles. The zero-order chi connectivity index (χ0) is 13.5. The third-order valence-electron chi connectivity index (χ3n) is 4.34. The predicted octanol–water partition coefficient (Wildman–Crippen LogP) is 4.40. The minimum Gasteiger partial charge on any atom is -0.342 e. The normalized spacial score (nSPS) is 21.2. The lowest BCUT2D eigenvalue weighted by Gasteiger charge is -1.97. The first kappa shape index (κ1) is 11.7. The first-order chi connectivity index (χ1) is 9.85. The van der Waals surface area contributed by atoms with E-state index >= 15 is 0 Å². The summed E-state index contributed by atoms with van der Waals surface area (Å²) < 4.78 is 0. The molecule has 2 atom stereocenters. The average Bonchev–Trinajstić information content (AvgIpc) is 3.20. The number of fused-ring (bicyclic) bond motifs is 1. The van der Waals surface area contributed by atoms with Crippen LogP contribution in [0.3, 0.4) is 0 Å². The Bertz CT molecular complexity index is 742. The maximum Gasteiger partial charge on any atom is 0.110 e. The van der Waals surface area contributed by atoms with Gasteiger partial charge in [0.15, 0.2) is 0 Å². The summed E-state index contributed by atoms with van der Waals surface area (Å²) >= 11 is 0. The summed E-state index contributed by atoms with van der Waals surface area (Å²) in [6, 6.07) is 17.3. The summed E-state index contributed by atoms with van der Waals surface area (Å²) in [7, 11) is 0. The van der Waals surface area contributed by atoms with Gasteiger partial charge in [0.05, 0.1) is 11.0 Å². The van der Waals surface area contributed by atoms with Gasteiger partial charge in [0.1, 0.15) is 5.82 Å². The molecule has 1 saturated carbocycles. The highest BCUT2D eigenvalue weighted by molar-refractivity contribution is 5.76. The molecular formula is C18H18N2. The van der Waals surface area contributed by atoms with Crippen LogP contribution in [0.4, 0.5) is 0 Å². The molecule has 2 aromatic carbocycles. The van der Waals surface area contributed by atoms with Gasteiger partial charge >= 0.3 is 0 Å². The van der Waals surface area contributed by atoms with E-state index in [0.29, 0.717) is 11.8 Å². The monoisotopic (exact) mass is 262 g/mol. The predicted molar refractivity (Wildman–Crippen MR) is 82.0 cm³/mol. The number of aromatic amines is 1. The molecule has 2 nitrogen and oxygen atoms in total. The third-order valence-corrected chi connectivity index (χ3v) is 4.34. The Morgan fingerprint density at radius 1 is 1.10 bits per heavy atom. The van der Waals surface area contributed by atoms with E-state index in [-0.39, 0.29) is 0 Å². The number of nitrogens with one attached hydrogen (secondary N) is 1. The molecule has 1 N–H and O–H groups in total. The standard InChI is InChI=1S/C18H18N2/c1-2-12-8-9-16-17(10-12)20-18(19-16)15-11-14(15)13-6-4-3-5-7-13/h3-10,14-15H,2,11H2,1H3,(H,19,20). The van der Waals surface area contributed by atoms with Crippen LogP contribution in [0, 0.1) is 0 Å². The van der Waals surface area contributed by atoms with Gasteiger partial charge < -0.3 is 4.98 Å². The van der Waals surface area contributed by atoms with Crippen molar-refractivity contribution in [3.05, 3.63) is 65.5 Å². The first-order valence-corrected chi connectivity index (χ1v) is 7.38. The molecule has 2 unspecified atom stereocenters. The molecular weight excluding hydrogens is 244 g/mol. The summed E-state index contributed by atoms with van der Waals surface area (Å²) in [6.07, 6.45) is 2.28. The molecule has 0 aliphatic heterocycles. The average molecular weight is 262 g/mol. The Labute approximate surface area is 118 Å². The minimum absolute atomic E-state index is 0.565. The van der Waals surface area contributed by atoms with E-state index in [2.05, 4.69) is 60.4 Å².